The highest BCUT2D eigenvalue weighted by molar-refractivity contribution is 5.99. The van der Waals surface area contributed by atoms with Crippen LogP contribution in [0.2, 0.25) is 0 Å². The molecule has 0 saturated heterocycles. The lowest BCUT2D eigenvalue weighted by Gasteiger charge is -2.27. The first-order valence-electron chi connectivity index (χ1n) is 9.25. The van der Waals surface area contributed by atoms with Crippen molar-refractivity contribution >= 4 is 23.0 Å². The number of carbonyl (C=O) groups is 1. The first kappa shape index (κ1) is 18.1. The second kappa shape index (κ2) is 7.03. The van der Waals surface area contributed by atoms with Crippen LogP contribution in [0.1, 0.15) is 31.9 Å². The molecule has 1 unspecified atom stereocenters. The first-order valence-corrected chi connectivity index (χ1v) is 9.25. The number of hydrogen-bond donors (Lipinski definition) is 2. The van der Waals surface area contributed by atoms with Crippen molar-refractivity contribution in [2.75, 3.05) is 6.61 Å². The third-order valence-corrected chi connectivity index (χ3v) is 4.76. The van der Waals surface area contributed by atoms with Crippen LogP contribution in [0.25, 0.3) is 10.9 Å². The molecule has 3 aromatic rings. The van der Waals surface area contributed by atoms with E-state index in [-0.39, 0.29) is 17.9 Å². The molecule has 0 bridgehead atoms. The lowest BCUT2D eigenvalue weighted by molar-refractivity contribution is -0.130. The topological polar surface area (TPSA) is 75.7 Å². The molecule has 4 rings (SSSR count). The van der Waals surface area contributed by atoms with Crippen LogP contribution < -0.4 is 14.9 Å². The molecule has 1 atom stereocenters. The number of rotatable bonds is 3. The predicted molar refractivity (Wildman–Crippen MR) is 109 cm³/mol. The van der Waals surface area contributed by atoms with E-state index in [2.05, 4.69) is 36.3 Å². The number of benzene rings is 2. The second-order valence-electron chi connectivity index (χ2n) is 7.85. The number of para-hydroxylation sites is 1. The molecule has 1 aromatic heterocycles. The number of carbonyl (C=O) groups excluding carboxylic acids is 1. The number of aromatic amines is 1. The Bertz CT molecular complexity index is 1050. The van der Waals surface area contributed by atoms with E-state index < -0.39 is 6.10 Å². The smallest absolute Gasteiger partial charge is 0.284 e. The number of amides is 1. The molecule has 144 valence electrons. The molecule has 0 fully saturated rings. The van der Waals surface area contributed by atoms with Crippen LogP contribution in [0.3, 0.4) is 0 Å². The number of nitrogens with zero attached hydrogens (tertiary/aromatic N) is 1. The van der Waals surface area contributed by atoms with Gasteiger partial charge >= 0.3 is 0 Å². The highest BCUT2D eigenvalue weighted by Gasteiger charge is 2.28. The Kier molecular flexibility index (Phi) is 4.55. The maximum absolute atomic E-state index is 12.4. The lowest BCUT2D eigenvalue weighted by Crippen LogP contribution is -2.42. The van der Waals surface area contributed by atoms with E-state index in [1.165, 1.54) is 0 Å². The highest BCUT2D eigenvalue weighted by atomic mass is 16.6. The zero-order valence-corrected chi connectivity index (χ0v) is 16.2. The standard InChI is InChI=1S/C22H23N3O3/c1-22(2,3)15-8-9-18-19(10-15)28-20(13-27-18)21(26)25-24-12-14-11-23-17-7-5-4-6-16(14)17/h4-12,20,23H,13H2,1-3H3,(H,25,26)/b24-12+. The minimum atomic E-state index is -0.747. The molecule has 2 aromatic carbocycles. The fourth-order valence-electron chi connectivity index (χ4n) is 3.11. The summed E-state index contributed by atoms with van der Waals surface area (Å²) in [6.45, 7) is 6.53. The molecular weight excluding hydrogens is 354 g/mol. The van der Waals surface area contributed by atoms with Gasteiger partial charge in [0.15, 0.2) is 11.5 Å². The Morgan fingerprint density at radius 2 is 2.04 bits per heavy atom. The summed E-state index contributed by atoms with van der Waals surface area (Å²) in [5.41, 5.74) is 5.56. The van der Waals surface area contributed by atoms with Crippen LogP contribution >= 0.6 is 0 Å². The third kappa shape index (κ3) is 3.58. The van der Waals surface area contributed by atoms with Crippen LogP contribution in [0.4, 0.5) is 0 Å². The molecule has 1 aliphatic heterocycles. The summed E-state index contributed by atoms with van der Waals surface area (Å²) in [6.07, 6.45) is 2.72. The normalized spacial score (nSPS) is 16.5. The summed E-state index contributed by atoms with van der Waals surface area (Å²) >= 11 is 0. The summed E-state index contributed by atoms with van der Waals surface area (Å²) in [5.74, 6) is 0.890. The third-order valence-electron chi connectivity index (χ3n) is 4.76. The van der Waals surface area contributed by atoms with Crippen molar-refractivity contribution in [1.29, 1.82) is 0 Å². The van der Waals surface area contributed by atoms with Gasteiger partial charge in [0.25, 0.3) is 5.91 Å². The van der Waals surface area contributed by atoms with Gasteiger partial charge in [0.1, 0.15) is 6.61 Å². The molecule has 0 spiro atoms. The molecule has 2 heterocycles. The van der Waals surface area contributed by atoms with Gasteiger partial charge in [0.05, 0.1) is 6.21 Å². The quantitative estimate of drug-likeness (QED) is 0.539. The Hall–Kier alpha value is -3.28. The number of ether oxygens (including phenoxy) is 2. The lowest BCUT2D eigenvalue weighted by atomic mass is 9.87. The fourth-order valence-corrected chi connectivity index (χ4v) is 3.11. The molecule has 0 aliphatic carbocycles. The number of nitrogens with one attached hydrogen (secondary N) is 2. The first-order chi connectivity index (χ1) is 13.4. The van der Waals surface area contributed by atoms with Gasteiger partial charge < -0.3 is 14.5 Å². The molecular formula is C22H23N3O3. The van der Waals surface area contributed by atoms with E-state index in [1.807, 2.05) is 48.7 Å². The monoisotopic (exact) mass is 377 g/mol. The number of aromatic nitrogens is 1. The Labute approximate surface area is 163 Å². The zero-order chi connectivity index (χ0) is 19.7. The van der Waals surface area contributed by atoms with Gasteiger partial charge in [0, 0.05) is 22.7 Å². The molecule has 1 aliphatic rings. The van der Waals surface area contributed by atoms with Crippen molar-refractivity contribution in [1.82, 2.24) is 10.4 Å². The van der Waals surface area contributed by atoms with Crippen LogP contribution in [-0.2, 0) is 10.2 Å². The molecule has 28 heavy (non-hydrogen) atoms. The molecule has 6 heteroatoms. The molecule has 2 N–H and O–H groups in total. The van der Waals surface area contributed by atoms with Crippen LogP contribution in [-0.4, -0.2) is 29.8 Å². The summed E-state index contributed by atoms with van der Waals surface area (Å²) in [5, 5.41) is 5.11. The molecule has 1 amide bonds. The maximum Gasteiger partial charge on any atom is 0.284 e. The predicted octanol–water partition coefficient (Wildman–Crippen LogP) is 3.76. The minimum Gasteiger partial charge on any atom is -0.485 e. The zero-order valence-electron chi connectivity index (χ0n) is 16.2. The van der Waals surface area contributed by atoms with E-state index in [4.69, 9.17) is 9.47 Å². The summed E-state index contributed by atoms with van der Waals surface area (Å²) < 4.78 is 11.6. The molecule has 6 nitrogen and oxygen atoms in total. The van der Waals surface area contributed by atoms with Gasteiger partial charge in [-0.05, 0) is 29.2 Å². The Morgan fingerprint density at radius 1 is 1.21 bits per heavy atom. The average Bonchev–Trinajstić information content (AvgIpc) is 3.09. The Morgan fingerprint density at radius 3 is 2.86 bits per heavy atom. The summed E-state index contributed by atoms with van der Waals surface area (Å²) in [4.78, 5) is 15.6. The van der Waals surface area contributed by atoms with Crippen molar-refractivity contribution in [2.45, 2.75) is 32.3 Å². The average molecular weight is 377 g/mol. The van der Waals surface area contributed by atoms with Crippen molar-refractivity contribution < 1.29 is 14.3 Å². The molecule has 0 saturated carbocycles. The van der Waals surface area contributed by atoms with Gasteiger partial charge in [-0.1, -0.05) is 45.0 Å². The van der Waals surface area contributed by atoms with Gasteiger partial charge in [-0.3, -0.25) is 4.79 Å². The largest absolute Gasteiger partial charge is 0.485 e. The fraction of sp³-hybridized carbons (Fsp3) is 0.273. The van der Waals surface area contributed by atoms with E-state index in [9.17, 15) is 4.79 Å². The SMILES string of the molecule is CC(C)(C)c1ccc2c(c1)OC(C(=O)N/N=C/c1c[nH]c3ccccc13)CO2. The number of hydrogen-bond acceptors (Lipinski definition) is 4. The van der Waals surface area contributed by atoms with Crippen LogP contribution in [0.15, 0.2) is 53.8 Å². The molecule has 0 radical (unpaired) electrons. The number of fused-ring (bicyclic) bond motifs is 2. The van der Waals surface area contributed by atoms with Crippen LogP contribution in [0.5, 0.6) is 11.5 Å². The summed E-state index contributed by atoms with van der Waals surface area (Å²) in [7, 11) is 0. The minimum absolute atomic E-state index is 0.0166. The van der Waals surface area contributed by atoms with Crippen LogP contribution in [0, 0.1) is 0 Å². The van der Waals surface area contributed by atoms with Crippen molar-refractivity contribution in [3.05, 3.63) is 59.8 Å². The van der Waals surface area contributed by atoms with Crippen molar-refractivity contribution in [3.63, 3.8) is 0 Å². The van der Waals surface area contributed by atoms with E-state index >= 15 is 0 Å². The van der Waals surface area contributed by atoms with Gasteiger partial charge in [-0.15, -0.1) is 0 Å². The van der Waals surface area contributed by atoms with E-state index in [0.29, 0.717) is 11.5 Å². The van der Waals surface area contributed by atoms with E-state index in [1.54, 1.807) is 6.21 Å². The van der Waals surface area contributed by atoms with Gasteiger partial charge in [-0.25, -0.2) is 5.43 Å². The van der Waals surface area contributed by atoms with Gasteiger partial charge in [0.2, 0.25) is 6.10 Å². The maximum atomic E-state index is 12.4. The second-order valence-corrected chi connectivity index (χ2v) is 7.85. The van der Waals surface area contributed by atoms with Gasteiger partial charge in [-0.2, -0.15) is 5.10 Å². The summed E-state index contributed by atoms with van der Waals surface area (Å²) in [6, 6.07) is 13.8. The van der Waals surface area contributed by atoms with Crippen molar-refractivity contribution in [3.8, 4) is 11.5 Å². The Balaban J connectivity index is 1.43. The van der Waals surface area contributed by atoms with E-state index in [0.717, 1.165) is 22.0 Å². The number of H-pyrrole nitrogens is 1. The van der Waals surface area contributed by atoms with Crippen molar-refractivity contribution in [2.24, 2.45) is 5.10 Å². The number of hydrazone groups is 1. The highest BCUT2D eigenvalue weighted by Crippen LogP contribution is 2.36.